The zero-order valence-electron chi connectivity index (χ0n) is 12.5. The molecule has 0 aromatic heterocycles. The van der Waals surface area contributed by atoms with Gasteiger partial charge in [0.25, 0.3) is 5.91 Å². The van der Waals surface area contributed by atoms with E-state index in [2.05, 4.69) is 21.2 Å². The number of amides is 1. The van der Waals surface area contributed by atoms with Crippen LogP contribution in [0.25, 0.3) is 0 Å². The molecule has 1 aromatic carbocycles. The van der Waals surface area contributed by atoms with Crippen LogP contribution in [0.15, 0.2) is 22.7 Å². The van der Waals surface area contributed by atoms with Crippen LogP contribution in [-0.2, 0) is 4.79 Å². The lowest BCUT2D eigenvalue weighted by atomic mass is 9.85. The Balaban J connectivity index is 2.57. The summed E-state index contributed by atoms with van der Waals surface area (Å²) in [6.45, 7) is 6.00. The Bertz CT molecular complexity index is 488. The van der Waals surface area contributed by atoms with Gasteiger partial charge in [-0.1, -0.05) is 32.4 Å². The van der Waals surface area contributed by atoms with Gasteiger partial charge in [0.1, 0.15) is 5.75 Å². The van der Waals surface area contributed by atoms with Crippen molar-refractivity contribution in [2.45, 2.75) is 33.2 Å². The molecule has 1 atom stereocenters. The van der Waals surface area contributed by atoms with E-state index in [1.807, 2.05) is 20.8 Å². The Labute approximate surface area is 139 Å². The number of ether oxygens (including phenoxy) is 1. The molecule has 0 fully saturated rings. The standard InChI is InChI=1S/C15H21BrClNO3/c1-15(2,3)13(6-7-19)18-14(20)9-21-12-5-4-10(17)8-11(12)16/h4-5,8,13,19H,6-7,9H2,1-3H3,(H,18,20). The monoisotopic (exact) mass is 377 g/mol. The number of aliphatic hydroxyl groups excluding tert-OH is 1. The van der Waals surface area contributed by atoms with E-state index >= 15 is 0 Å². The summed E-state index contributed by atoms with van der Waals surface area (Å²) in [6, 6.07) is 5.00. The number of carbonyl (C=O) groups is 1. The predicted octanol–water partition coefficient (Wildman–Crippen LogP) is 3.39. The van der Waals surface area contributed by atoms with Crippen LogP contribution in [0.3, 0.4) is 0 Å². The maximum absolute atomic E-state index is 12.0. The SMILES string of the molecule is CC(C)(C)C(CCO)NC(=O)COc1ccc(Cl)cc1Br. The summed E-state index contributed by atoms with van der Waals surface area (Å²) < 4.78 is 6.16. The van der Waals surface area contributed by atoms with Gasteiger partial charge in [-0.25, -0.2) is 0 Å². The minimum Gasteiger partial charge on any atom is -0.483 e. The van der Waals surface area contributed by atoms with E-state index in [0.29, 0.717) is 21.7 Å². The Hall–Kier alpha value is -0.780. The van der Waals surface area contributed by atoms with Gasteiger partial charge < -0.3 is 15.2 Å². The highest BCUT2D eigenvalue weighted by Gasteiger charge is 2.25. The average Bonchev–Trinajstić information content (AvgIpc) is 2.36. The first-order valence-corrected chi connectivity index (χ1v) is 7.89. The van der Waals surface area contributed by atoms with Gasteiger partial charge in [0.05, 0.1) is 4.47 Å². The van der Waals surface area contributed by atoms with Crippen molar-refractivity contribution in [1.82, 2.24) is 5.32 Å². The predicted molar refractivity (Wildman–Crippen MR) is 87.7 cm³/mol. The molecule has 2 N–H and O–H groups in total. The zero-order chi connectivity index (χ0) is 16.0. The fraction of sp³-hybridized carbons (Fsp3) is 0.533. The molecule has 1 aromatic rings. The third kappa shape index (κ3) is 6.24. The van der Waals surface area contributed by atoms with Gasteiger partial charge in [0.2, 0.25) is 0 Å². The molecule has 0 saturated heterocycles. The molecule has 0 spiro atoms. The number of hydrogen-bond acceptors (Lipinski definition) is 3. The summed E-state index contributed by atoms with van der Waals surface area (Å²) in [7, 11) is 0. The van der Waals surface area contributed by atoms with Gasteiger partial charge >= 0.3 is 0 Å². The number of benzene rings is 1. The van der Waals surface area contributed by atoms with Crippen molar-refractivity contribution in [1.29, 1.82) is 0 Å². The van der Waals surface area contributed by atoms with Crippen LogP contribution >= 0.6 is 27.5 Å². The minimum atomic E-state index is -0.217. The molecule has 21 heavy (non-hydrogen) atoms. The zero-order valence-corrected chi connectivity index (χ0v) is 14.8. The number of nitrogens with one attached hydrogen (secondary N) is 1. The third-order valence-electron chi connectivity index (χ3n) is 3.05. The fourth-order valence-corrected chi connectivity index (χ4v) is 2.62. The Morgan fingerprint density at radius 2 is 2.14 bits per heavy atom. The van der Waals surface area contributed by atoms with Crippen molar-refractivity contribution in [3.8, 4) is 5.75 Å². The summed E-state index contributed by atoms with van der Waals surface area (Å²) in [6.07, 6.45) is 0.514. The fourth-order valence-electron chi connectivity index (χ4n) is 1.82. The number of rotatable bonds is 6. The number of hydrogen-bond donors (Lipinski definition) is 2. The van der Waals surface area contributed by atoms with Gasteiger partial charge in [0, 0.05) is 17.7 Å². The number of carbonyl (C=O) groups excluding carboxylic acids is 1. The molecule has 0 heterocycles. The summed E-state index contributed by atoms with van der Waals surface area (Å²) in [5, 5.41) is 12.6. The molecule has 0 saturated carbocycles. The van der Waals surface area contributed by atoms with Crippen LogP contribution < -0.4 is 10.1 Å². The van der Waals surface area contributed by atoms with Gasteiger partial charge in [-0.2, -0.15) is 0 Å². The second-order valence-electron chi connectivity index (χ2n) is 5.86. The second kappa shape index (κ2) is 8.01. The maximum atomic E-state index is 12.0. The summed E-state index contributed by atoms with van der Waals surface area (Å²) in [5.74, 6) is 0.342. The van der Waals surface area contributed by atoms with Crippen molar-refractivity contribution in [3.05, 3.63) is 27.7 Å². The van der Waals surface area contributed by atoms with Crippen molar-refractivity contribution >= 4 is 33.4 Å². The van der Waals surface area contributed by atoms with Gasteiger partial charge in [-0.3, -0.25) is 4.79 Å². The number of aliphatic hydroxyl groups is 1. The maximum Gasteiger partial charge on any atom is 0.258 e. The highest BCUT2D eigenvalue weighted by Crippen LogP contribution is 2.28. The van der Waals surface area contributed by atoms with Crippen molar-refractivity contribution in [2.24, 2.45) is 5.41 Å². The topological polar surface area (TPSA) is 58.6 Å². The van der Waals surface area contributed by atoms with Gasteiger partial charge in [0.15, 0.2) is 6.61 Å². The van der Waals surface area contributed by atoms with E-state index in [4.69, 9.17) is 21.4 Å². The first kappa shape index (κ1) is 18.3. The molecular formula is C15H21BrClNO3. The van der Waals surface area contributed by atoms with Crippen LogP contribution in [0.4, 0.5) is 0 Å². The summed E-state index contributed by atoms with van der Waals surface area (Å²) >= 11 is 9.18. The second-order valence-corrected chi connectivity index (χ2v) is 7.15. The smallest absolute Gasteiger partial charge is 0.258 e. The molecule has 0 aliphatic heterocycles. The quantitative estimate of drug-likeness (QED) is 0.797. The van der Waals surface area contributed by atoms with Gasteiger partial charge in [-0.15, -0.1) is 0 Å². The van der Waals surface area contributed by atoms with Crippen molar-refractivity contribution < 1.29 is 14.6 Å². The molecule has 0 aliphatic rings. The average molecular weight is 379 g/mol. The minimum absolute atomic E-state index is 0.0335. The van der Waals surface area contributed by atoms with Crippen LogP contribution in [0.2, 0.25) is 5.02 Å². The van der Waals surface area contributed by atoms with E-state index < -0.39 is 0 Å². The van der Waals surface area contributed by atoms with E-state index in [0.717, 1.165) is 0 Å². The Kier molecular flexibility index (Phi) is 6.97. The van der Waals surface area contributed by atoms with Gasteiger partial charge in [-0.05, 0) is 46.0 Å². The Morgan fingerprint density at radius 1 is 1.48 bits per heavy atom. The molecule has 0 aliphatic carbocycles. The van der Waals surface area contributed by atoms with Crippen LogP contribution in [0, 0.1) is 5.41 Å². The highest BCUT2D eigenvalue weighted by molar-refractivity contribution is 9.10. The first-order chi connectivity index (χ1) is 9.74. The molecule has 118 valence electrons. The molecule has 1 unspecified atom stereocenters. The third-order valence-corrected chi connectivity index (χ3v) is 3.91. The van der Waals surface area contributed by atoms with Crippen LogP contribution in [0.1, 0.15) is 27.2 Å². The summed E-state index contributed by atoms with van der Waals surface area (Å²) in [5.41, 5.74) is -0.126. The molecular weight excluding hydrogens is 358 g/mol. The van der Waals surface area contributed by atoms with E-state index in [1.54, 1.807) is 18.2 Å². The lowest BCUT2D eigenvalue weighted by Gasteiger charge is -2.31. The Morgan fingerprint density at radius 3 is 2.67 bits per heavy atom. The highest BCUT2D eigenvalue weighted by atomic mass is 79.9. The molecule has 0 bridgehead atoms. The molecule has 4 nitrogen and oxygen atoms in total. The number of halogens is 2. The molecule has 6 heteroatoms. The van der Waals surface area contributed by atoms with E-state index in [1.165, 1.54) is 0 Å². The van der Waals surface area contributed by atoms with E-state index in [9.17, 15) is 4.79 Å². The molecule has 1 rings (SSSR count). The van der Waals surface area contributed by atoms with Crippen LogP contribution in [0.5, 0.6) is 5.75 Å². The summed E-state index contributed by atoms with van der Waals surface area (Å²) in [4.78, 5) is 12.0. The molecule has 1 amide bonds. The first-order valence-electron chi connectivity index (χ1n) is 6.72. The van der Waals surface area contributed by atoms with E-state index in [-0.39, 0.29) is 30.6 Å². The lowest BCUT2D eigenvalue weighted by Crippen LogP contribution is -2.46. The largest absolute Gasteiger partial charge is 0.483 e. The molecule has 0 radical (unpaired) electrons. The normalized spacial score (nSPS) is 12.9. The van der Waals surface area contributed by atoms with Crippen molar-refractivity contribution in [2.75, 3.05) is 13.2 Å². The van der Waals surface area contributed by atoms with Crippen molar-refractivity contribution in [3.63, 3.8) is 0 Å². The van der Waals surface area contributed by atoms with Crippen LogP contribution in [-0.4, -0.2) is 30.3 Å². The lowest BCUT2D eigenvalue weighted by molar-refractivity contribution is -0.124.